The van der Waals surface area contributed by atoms with Crippen LogP contribution in [0, 0.1) is 17.8 Å². The van der Waals surface area contributed by atoms with Crippen LogP contribution in [0.3, 0.4) is 0 Å². The minimum absolute atomic E-state index is 0.0102. The summed E-state index contributed by atoms with van der Waals surface area (Å²) in [5.41, 5.74) is 0. The van der Waals surface area contributed by atoms with Crippen molar-refractivity contribution >= 4 is 0 Å². The molecule has 2 heteroatoms. The quantitative estimate of drug-likeness (QED) is 0.110. The Bertz CT molecular complexity index is 336. The van der Waals surface area contributed by atoms with Gasteiger partial charge in [-0.2, -0.15) is 0 Å². The van der Waals surface area contributed by atoms with E-state index in [4.69, 9.17) is 9.47 Å². The van der Waals surface area contributed by atoms with Crippen LogP contribution in [0.15, 0.2) is 0 Å². The molecule has 0 radical (unpaired) electrons. The third kappa shape index (κ3) is 20.3. The Balaban J connectivity index is 4.09. The second kappa shape index (κ2) is 23.1. The van der Waals surface area contributed by atoms with E-state index in [1.54, 1.807) is 0 Å². The van der Waals surface area contributed by atoms with Gasteiger partial charge in [0, 0.05) is 13.2 Å². The number of unbranched alkanes of at least 4 members (excludes halogenated alkanes) is 3. The van der Waals surface area contributed by atoms with Crippen LogP contribution in [0.5, 0.6) is 0 Å². The summed E-state index contributed by atoms with van der Waals surface area (Å²) < 4.78 is 12.4. The fourth-order valence-corrected chi connectivity index (χ4v) is 4.77. The minimum atomic E-state index is 0.0102. The zero-order valence-corrected chi connectivity index (χ0v) is 22.6. The first-order chi connectivity index (χ1) is 15.1. The molecule has 0 aliphatic carbocycles. The van der Waals surface area contributed by atoms with Gasteiger partial charge < -0.3 is 9.47 Å². The second-order valence-electron chi connectivity index (χ2n) is 10.4. The van der Waals surface area contributed by atoms with Crippen molar-refractivity contribution in [3.05, 3.63) is 0 Å². The molecule has 2 nitrogen and oxygen atoms in total. The van der Waals surface area contributed by atoms with Crippen molar-refractivity contribution in [3.63, 3.8) is 0 Å². The van der Waals surface area contributed by atoms with Crippen molar-refractivity contribution in [3.8, 4) is 0 Å². The average Bonchev–Trinajstić information content (AvgIpc) is 2.74. The van der Waals surface area contributed by atoms with Gasteiger partial charge in [-0.05, 0) is 43.4 Å². The standard InChI is InChI=1S/C29H60O2/c1-7-11-19-28(18-10-4)21-13-15-25-31-29(23-22-26(5)6)30-24-14-12-20-27(16-8-2)17-9-3/h26-29H,7-25H2,1-6H3. The molecule has 0 amide bonds. The molecule has 0 spiro atoms. The zero-order valence-electron chi connectivity index (χ0n) is 22.6. The van der Waals surface area contributed by atoms with Crippen molar-refractivity contribution < 1.29 is 9.47 Å². The molecule has 0 saturated heterocycles. The van der Waals surface area contributed by atoms with E-state index in [0.717, 1.165) is 31.5 Å². The van der Waals surface area contributed by atoms with Gasteiger partial charge in [-0.15, -0.1) is 0 Å². The van der Waals surface area contributed by atoms with E-state index in [2.05, 4.69) is 41.5 Å². The number of ether oxygens (including phenoxy) is 2. The van der Waals surface area contributed by atoms with Crippen molar-refractivity contribution in [2.24, 2.45) is 17.8 Å². The van der Waals surface area contributed by atoms with Gasteiger partial charge in [0.2, 0.25) is 0 Å². The van der Waals surface area contributed by atoms with E-state index >= 15 is 0 Å². The van der Waals surface area contributed by atoms with E-state index in [9.17, 15) is 0 Å². The first-order valence-electron chi connectivity index (χ1n) is 14.3. The number of hydrogen-bond donors (Lipinski definition) is 0. The Morgan fingerprint density at radius 1 is 0.452 bits per heavy atom. The van der Waals surface area contributed by atoms with Crippen molar-refractivity contribution in [2.45, 2.75) is 157 Å². The Labute approximate surface area is 197 Å². The molecule has 0 aromatic rings. The van der Waals surface area contributed by atoms with E-state index in [1.807, 2.05) is 0 Å². The van der Waals surface area contributed by atoms with Crippen molar-refractivity contribution in [1.82, 2.24) is 0 Å². The first-order valence-corrected chi connectivity index (χ1v) is 14.3. The SMILES string of the molecule is CCCCC(CCC)CCCCOC(CCC(C)C)OCCCCC(CCC)CCC. The fraction of sp³-hybridized carbons (Fsp3) is 1.00. The lowest BCUT2D eigenvalue weighted by Crippen LogP contribution is -2.20. The van der Waals surface area contributed by atoms with E-state index in [0.29, 0.717) is 5.92 Å². The van der Waals surface area contributed by atoms with E-state index in [-0.39, 0.29) is 6.29 Å². The molecular weight excluding hydrogens is 380 g/mol. The highest BCUT2D eigenvalue weighted by atomic mass is 16.7. The molecule has 31 heavy (non-hydrogen) atoms. The van der Waals surface area contributed by atoms with Crippen LogP contribution in [0.4, 0.5) is 0 Å². The van der Waals surface area contributed by atoms with Gasteiger partial charge in [-0.25, -0.2) is 0 Å². The molecule has 0 aliphatic heterocycles. The third-order valence-electron chi connectivity index (χ3n) is 6.66. The highest BCUT2D eigenvalue weighted by molar-refractivity contribution is 4.61. The number of hydrogen-bond acceptors (Lipinski definition) is 2. The van der Waals surface area contributed by atoms with Gasteiger partial charge in [0.15, 0.2) is 6.29 Å². The molecular formula is C29H60O2. The lowest BCUT2D eigenvalue weighted by atomic mass is 9.92. The zero-order chi connectivity index (χ0) is 23.2. The predicted octanol–water partition coefficient (Wildman–Crippen LogP) is 9.95. The maximum absolute atomic E-state index is 6.20. The maximum Gasteiger partial charge on any atom is 0.157 e. The largest absolute Gasteiger partial charge is 0.353 e. The normalized spacial score (nSPS) is 13.9. The topological polar surface area (TPSA) is 18.5 Å². The van der Waals surface area contributed by atoms with Gasteiger partial charge in [0.05, 0.1) is 0 Å². The van der Waals surface area contributed by atoms with Gasteiger partial charge in [0.1, 0.15) is 0 Å². The Hall–Kier alpha value is -0.0800. The van der Waals surface area contributed by atoms with Crippen LogP contribution in [-0.4, -0.2) is 19.5 Å². The summed E-state index contributed by atoms with van der Waals surface area (Å²) in [5, 5.41) is 0. The average molecular weight is 441 g/mol. The van der Waals surface area contributed by atoms with Crippen LogP contribution in [0.25, 0.3) is 0 Å². The lowest BCUT2D eigenvalue weighted by Gasteiger charge is -2.21. The van der Waals surface area contributed by atoms with Crippen LogP contribution in [-0.2, 0) is 9.47 Å². The molecule has 0 aromatic heterocycles. The molecule has 0 heterocycles. The van der Waals surface area contributed by atoms with Crippen molar-refractivity contribution in [1.29, 1.82) is 0 Å². The first kappa shape index (κ1) is 30.9. The highest BCUT2D eigenvalue weighted by Crippen LogP contribution is 2.22. The van der Waals surface area contributed by atoms with Gasteiger partial charge >= 0.3 is 0 Å². The summed E-state index contributed by atoms with van der Waals surface area (Å²) in [6.45, 7) is 15.6. The summed E-state index contributed by atoms with van der Waals surface area (Å²) in [6, 6.07) is 0. The number of rotatable bonds is 24. The van der Waals surface area contributed by atoms with Gasteiger partial charge in [-0.3, -0.25) is 0 Å². The van der Waals surface area contributed by atoms with Crippen LogP contribution < -0.4 is 0 Å². The molecule has 2 unspecified atom stereocenters. The van der Waals surface area contributed by atoms with Gasteiger partial charge in [-0.1, -0.05) is 125 Å². The van der Waals surface area contributed by atoms with Gasteiger partial charge in [0.25, 0.3) is 0 Å². The highest BCUT2D eigenvalue weighted by Gasteiger charge is 2.12. The minimum Gasteiger partial charge on any atom is -0.353 e. The second-order valence-corrected chi connectivity index (χ2v) is 10.4. The van der Waals surface area contributed by atoms with Crippen LogP contribution in [0.2, 0.25) is 0 Å². The summed E-state index contributed by atoms with van der Waals surface area (Å²) in [5.74, 6) is 2.57. The van der Waals surface area contributed by atoms with Crippen molar-refractivity contribution in [2.75, 3.05) is 13.2 Å². The molecule has 0 saturated carbocycles. The molecule has 0 rings (SSSR count). The van der Waals surface area contributed by atoms with E-state index < -0.39 is 0 Å². The summed E-state index contributed by atoms with van der Waals surface area (Å²) in [7, 11) is 0. The summed E-state index contributed by atoms with van der Waals surface area (Å²) in [4.78, 5) is 0. The molecule has 0 bridgehead atoms. The monoisotopic (exact) mass is 440 g/mol. The molecule has 0 aliphatic rings. The summed E-state index contributed by atoms with van der Waals surface area (Å²) in [6.07, 6.45) is 22.3. The molecule has 0 N–H and O–H groups in total. The smallest absolute Gasteiger partial charge is 0.157 e. The molecule has 2 atom stereocenters. The predicted molar refractivity (Wildman–Crippen MR) is 139 cm³/mol. The molecule has 0 fully saturated rings. The van der Waals surface area contributed by atoms with Crippen LogP contribution in [0.1, 0.15) is 151 Å². The Morgan fingerprint density at radius 3 is 1.32 bits per heavy atom. The fourth-order valence-electron chi connectivity index (χ4n) is 4.77. The summed E-state index contributed by atoms with van der Waals surface area (Å²) >= 11 is 0. The molecule has 188 valence electrons. The maximum atomic E-state index is 6.20. The van der Waals surface area contributed by atoms with Crippen LogP contribution >= 0.6 is 0 Å². The molecule has 0 aromatic carbocycles. The lowest BCUT2D eigenvalue weighted by molar-refractivity contribution is -0.149. The Kier molecular flexibility index (Phi) is 23.0. The van der Waals surface area contributed by atoms with E-state index in [1.165, 1.54) is 103 Å². The third-order valence-corrected chi connectivity index (χ3v) is 6.66. The Morgan fingerprint density at radius 2 is 0.903 bits per heavy atom.